The molecule has 1 fully saturated rings. The van der Waals surface area contributed by atoms with Crippen LogP contribution in [0, 0.1) is 5.92 Å². The zero-order valence-corrected chi connectivity index (χ0v) is 11.5. The van der Waals surface area contributed by atoms with E-state index in [0.717, 1.165) is 24.4 Å². The summed E-state index contributed by atoms with van der Waals surface area (Å²) in [6.45, 7) is 2.27. The third-order valence-electron chi connectivity index (χ3n) is 3.09. The number of hydrogen-bond acceptors (Lipinski definition) is 2. The molecular weight excluding hydrogens is 242 g/mol. The molecular formula is C14H19N3S. The molecule has 0 aromatic heterocycles. The minimum atomic E-state index is 0.548. The molecule has 18 heavy (non-hydrogen) atoms. The van der Waals surface area contributed by atoms with Crippen LogP contribution in [0.3, 0.4) is 0 Å². The van der Waals surface area contributed by atoms with Crippen LogP contribution in [-0.2, 0) is 0 Å². The van der Waals surface area contributed by atoms with Crippen molar-refractivity contribution in [1.29, 1.82) is 0 Å². The highest BCUT2D eigenvalue weighted by molar-refractivity contribution is 7.80. The van der Waals surface area contributed by atoms with Crippen LogP contribution < -0.4 is 10.7 Å². The van der Waals surface area contributed by atoms with Crippen LogP contribution in [0.15, 0.2) is 35.4 Å². The van der Waals surface area contributed by atoms with Gasteiger partial charge in [-0.2, -0.15) is 5.10 Å². The summed E-state index contributed by atoms with van der Waals surface area (Å²) < 4.78 is 0. The van der Waals surface area contributed by atoms with Crippen LogP contribution in [0.1, 0.15) is 32.6 Å². The summed E-state index contributed by atoms with van der Waals surface area (Å²) in [4.78, 5) is 0. The van der Waals surface area contributed by atoms with Crippen molar-refractivity contribution in [2.24, 2.45) is 11.0 Å². The van der Waals surface area contributed by atoms with Crippen LogP contribution in [-0.4, -0.2) is 10.8 Å². The van der Waals surface area contributed by atoms with Gasteiger partial charge in [-0.15, -0.1) is 0 Å². The molecule has 1 atom stereocenters. The first kappa shape index (κ1) is 13.0. The molecule has 0 radical (unpaired) electrons. The van der Waals surface area contributed by atoms with Gasteiger partial charge in [0.05, 0.1) is 0 Å². The number of hydrazone groups is 1. The average molecular weight is 261 g/mol. The number of nitrogens with one attached hydrogen (secondary N) is 2. The van der Waals surface area contributed by atoms with E-state index < -0.39 is 0 Å². The van der Waals surface area contributed by atoms with Gasteiger partial charge in [0.1, 0.15) is 0 Å². The van der Waals surface area contributed by atoms with Crippen molar-refractivity contribution in [3.63, 3.8) is 0 Å². The standard InChI is InChI=1S/C14H19N3S/c1-11-6-5-9-13(10-11)16-17-14(18)15-12-7-3-2-4-8-12/h2-4,7-8,11H,5-6,9-10H2,1H3,(H2,15,17,18)/b16-13+/t11-/m0/s1. The highest BCUT2D eigenvalue weighted by atomic mass is 32.1. The maximum absolute atomic E-state index is 5.20. The molecule has 3 nitrogen and oxygen atoms in total. The molecule has 0 aliphatic heterocycles. The lowest BCUT2D eigenvalue weighted by molar-refractivity contribution is 0.498. The highest BCUT2D eigenvalue weighted by Crippen LogP contribution is 2.20. The van der Waals surface area contributed by atoms with E-state index in [1.165, 1.54) is 18.6 Å². The van der Waals surface area contributed by atoms with Crippen LogP contribution in [0.2, 0.25) is 0 Å². The largest absolute Gasteiger partial charge is 0.331 e. The van der Waals surface area contributed by atoms with Gasteiger partial charge in [-0.25, -0.2) is 0 Å². The highest BCUT2D eigenvalue weighted by Gasteiger charge is 2.13. The molecule has 0 saturated heterocycles. The average Bonchev–Trinajstić information content (AvgIpc) is 2.38. The lowest BCUT2D eigenvalue weighted by Crippen LogP contribution is -2.26. The number of benzene rings is 1. The Bertz CT molecular complexity index is 428. The molecule has 0 spiro atoms. The molecule has 0 unspecified atom stereocenters. The van der Waals surface area contributed by atoms with Crippen molar-refractivity contribution < 1.29 is 0 Å². The monoisotopic (exact) mass is 261 g/mol. The first-order valence-electron chi connectivity index (χ1n) is 6.41. The fraction of sp³-hybridized carbons (Fsp3) is 0.429. The Hall–Kier alpha value is -1.42. The minimum Gasteiger partial charge on any atom is -0.331 e. The van der Waals surface area contributed by atoms with E-state index in [2.05, 4.69) is 22.8 Å². The van der Waals surface area contributed by atoms with E-state index in [4.69, 9.17) is 12.2 Å². The lowest BCUT2D eigenvalue weighted by atomic mass is 9.89. The van der Waals surface area contributed by atoms with Gasteiger partial charge in [0, 0.05) is 11.4 Å². The Balaban J connectivity index is 1.83. The third kappa shape index (κ3) is 4.11. The second-order valence-electron chi connectivity index (χ2n) is 4.81. The van der Waals surface area contributed by atoms with Crippen LogP contribution in [0.25, 0.3) is 0 Å². The van der Waals surface area contributed by atoms with Gasteiger partial charge >= 0.3 is 0 Å². The van der Waals surface area contributed by atoms with E-state index in [-0.39, 0.29) is 0 Å². The number of rotatable bonds is 2. The zero-order chi connectivity index (χ0) is 12.8. The Morgan fingerprint density at radius 3 is 2.83 bits per heavy atom. The summed E-state index contributed by atoms with van der Waals surface area (Å²) in [5.41, 5.74) is 5.14. The fourth-order valence-electron chi connectivity index (χ4n) is 2.17. The summed E-state index contributed by atoms with van der Waals surface area (Å²) in [7, 11) is 0. The summed E-state index contributed by atoms with van der Waals surface area (Å²) >= 11 is 5.20. The van der Waals surface area contributed by atoms with Gasteiger partial charge in [0.15, 0.2) is 5.11 Å². The SMILES string of the molecule is C[C@H]1CCC/C(=N\NC(=S)Nc2ccccc2)C1. The molecule has 1 aliphatic carbocycles. The molecule has 2 N–H and O–H groups in total. The van der Waals surface area contributed by atoms with Crippen molar-refractivity contribution >= 4 is 28.7 Å². The lowest BCUT2D eigenvalue weighted by Gasteiger charge is -2.19. The summed E-state index contributed by atoms with van der Waals surface area (Å²) in [5, 5.41) is 8.05. The van der Waals surface area contributed by atoms with E-state index in [1.54, 1.807) is 0 Å². The summed E-state index contributed by atoms with van der Waals surface area (Å²) in [6.07, 6.45) is 4.72. The Morgan fingerprint density at radius 1 is 1.33 bits per heavy atom. The maximum Gasteiger partial charge on any atom is 0.191 e. The Morgan fingerprint density at radius 2 is 2.11 bits per heavy atom. The molecule has 4 heteroatoms. The van der Waals surface area contributed by atoms with Crippen molar-refractivity contribution in [2.75, 3.05) is 5.32 Å². The van der Waals surface area contributed by atoms with E-state index in [0.29, 0.717) is 5.11 Å². The summed E-state index contributed by atoms with van der Waals surface area (Å²) in [5.74, 6) is 0.745. The van der Waals surface area contributed by atoms with Gasteiger partial charge in [-0.3, -0.25) is 5.43 Å². The normalized spacial score (nSPS) is 21.6. The van der Waals surface area contributed by atoms with Crippen LogP contribution in [0.4, 0.5) is 5.69 Å². The molecule has 1 saturated carbocycles. The third-order valence-corrected chi connectivity index (χ3v) is 3.29. The summed E-state index contributed by atoms with van der Waals surface area (Å²) in [6, 6.07) is 9.87. The van der Waals surface area contributed by atoms with E-state index >= 15 is 0 Å². The van der Waals surface area contributed by atoms with Crippen LogP contribution in [0.5, 0.6) is 0 Å². The smallest absolute Gasteiger partial charge is 0.191 e. The second-order valence-corrected chi connectivity index (χ2v) is 5.22. The molecule has 0 bridgehead atoms. The minimum absolute atomic E-state index is 0.548. The molecule has 1 aromatic carbocycles. The Kier molecular flexibility index (Phi) is 4.70. The van der Waals surface area contributed by atoms with Gasteiger partial charge in [-0.05, 0) is 56.0 Å². The van der Waals surface area contributed by atoms with Gasteiger partial charge in [0.2, 0.25) is 0 Å². The molecule has 2 rings (SSSR count). The number of anilines is 1. The van der Waals surface area contributed by atoms with Gasteiger partial charge in [-0.1, -0.05) is 25.1 Å². The Labute approximate surface area is 114 Å². The predicted octanol–water partition coefficient (Wildman–Crippen LogP) is 3.54. The van der Waals surface area contributed by atoms with Crippen molar-refractivity contribution in [3.8, 4) is 0 Å². The predicted molar refractivity (Wildman–Crippen MR) is 80.9 cm³/mol. The number of hydrogen-bond donors (Lipinski definition) is 2. The second kappa shape index (κ2) is 6.50. The van der Waals surface area contributed by atoms with Crippen molar-refractivity contribution in [1.82, 2.24) is 5.43 Å². The molecule has 96 valence electrons. The number of para-hydroxylation sites is 1. The van der Waals surface area contributed by atoms with Crippen molar-refractivity contribution in [3.05, 3.63) is 30.3 Å². The topological polar surface area (TPSA) is 36.4 Å². The van der Waals surface area contributed by atoms with Gasteiger partial charge < -0.3 is 5.32 Å². The first-order valence-corrected chi connectivity index (χ1v) is 6.82. The molecule has 0 amide bonds. The fourth-order valence-corrected chi connectivity index (χ4v) is 2.34. The maximum atomic E-state index is 5.20. The number of thiocarbonyl (C=S) groups is 1. The number of nitrogens with zero attached hydrogens (tertiary/aromatic N) is 1. The van der Waals surface area contributed by atoms with Gasteiger partial charge in [0.25, 0.3) is 0 Å². The zero-order valence-electron chi connectivity index (χ0n) is 10.6. The van der Waals surface area contributed by atoms with Crippen LogP contribution >= 0.6 is 12.2 Å². The van der Waals surface area contributed by atoms with E-state index in [1.807, 2.05) is 30.3 Å². The molecule has 0 heterocycles. The van der Waals surface area contributed by atoms with E-state index in [9.17, 15) is 0 Å². The molecule has 1 aliphatic rings. The first-order chi connectivity index (χ1) is 8.74. The quantitative estimate of drug-likeness (QED) is 0.631. The van der Waals surface area contributed by atoms with Crippen molar-refractivity contribution in [2.45, 2.75) is 32.6 Å². The molecule has 1 aromatic rings.